The molecule has 0 atom stereocenters. The highest BCUT2D eigenvalue weighted by Crippen LogP contribution is 2.30. The maximum atomic E-state index is 11.8. The minimum absolute atomic E-state index is 0.300. The Bertz CT molecular complexity index is 667. The minimum atomic E-state index is -0.300. The third-order valence-electron chi connectivity index (χ3n) is 2.68. The average molecular weight is 333 g/mol. The molecule has 0 amide bonds. The van der Waals surface area contributed by atoms with E-state index in [0.29, 0.717) is 11.3 Å². The second-order valence-electron chi connectivity index (χ2n) is 4.03. The molecule has 0 unspecified atom stereocenters. The summed E-state index contributed by atoms with van der Waals surface area (Å²) in [4.78, 5) is 12.8. The van der Waals surface area contributed by atoms with Crippen molar-refractivity contribution in [2.45, 2.75) is 0 Å². The monoisotopic (exact) mass is 332 g/mol. The van der Waals surface area contributed by atoms with Crippen LogP contribution in [0.3, 0.4) is 0 Å². The van der Waals surface area contributed by atoms with Crippen LogP contribution in [0.15, 0.2) is 57.9 Å². The fourth-order valence-corrected chi connectivity index (χ4v) is 2.71. The Balaban J connectivity index is 1.92. The number of hydrogen-bond donors (Lipinski definition) is 0. The Morgan fingerprint density at radius 2 is 1.95 bits per heavy atom. The normalized spacial score (nSPS) is 16.6. The van der Waals surface area contributed by atoms with Crippen LogP contribution in [0.25, 0.3) is 11.8 Å². The van der Waals surface area contributed by atoms with E-state index >= 15 is 0 Å². The molecule has 1 aromatic carbocycles. The highest BCUT2D eigenvalue weighted by Gasteiger charge is 2.22. The Morgan fingerprint density at radius 1 is 1.16 bits per heavy atom. The molecule has 19 heavy (non-hydrogen) atoms. The Morgan fingerprint density at radius 3 is 2.63 bits per heavy atom. The number of ether oxygens (including phenoxy) is 1. The van der Waals surface area contributed by atoms with Crippen molar-refractivity contribution in [3.8, 4) is 0 Å². The largest absolute Gasteiger partial charge is 0.421 e. The molecule has 0 fully saturated rings. The summed E-state index contributed by atoms with van der Waals surface area (Å²) in [6, 6.07) is 11.6. The van der Waals surface area contributed by atoms with Gasteiger partial charge in [0, 0.05) is 4.47 Å². The zero-order valence-corrected chi connectivity index (χ0v) is 12.2. The van der Waals surface area contributed by atoms with E-state index in [4.69, 9.17) is 4.74 Å². The lowest BCUT2D eigenvalue weighted by molar-refractivity contribution is -0.130. The van der Waals surface area contributed by atoms with Gasteiger partial charge in [-0.25, -0.2) is 4.79 Å². The van der Waals surface area contributed by atoms with E-state index in [2.05, 4.69) is 15.9 Å². The van der Waals surface area contributed by atoms with Gasteiger partial charge in [-0.15, -0.1) is 11.3 Å². The van der Waals surface area contributed by atoms with Gasteiger partial charge in [-0.1, -0.05) is 34.1 Å². The molecule has 1 aliphatic heterocycles. The SMILES string of the molecule is O=C1OC(c2cccs2)=C/C1=C/c1ccc(Br)cc1. The van der Waals surface area contributed by atoms with Crippen molar-refractivity contribution >= 4 is 45.1 Å². The highest BCUT2D eigenvalue weighted by molar-refractivity contribution is 9.10. The van der Waals surface area contributed by atoms with E-state index in [-0.39, 0.29) is 5.97 Å². The number of esters is 1. The van der Waals surface area contributed by atoms with Gasteiger partial charge in [-0.3, -0.25) is 0 Å². The molecule has 2 heterocycles. The van der Waals surface area contributed by atoms with Crippen LogP contribution >= 0.6 is 27.3 Å². The zero-order valence-electron chi connectivity index (χ0n) is 9.80. The number of carbonyl (C=O) groups excluding carboxylic acids is 1. The lowest BCUT2D eigenvalue weighted by Gasteiger charge is -1.96. The molecule has 1 aliphatic rings. The number of hydrogen-bond acceptors (Lipinski definition) is 3. The third kappa shape index (κ3) is 2.69. The smallest absolute Gasteiger partial charge is 0.343 e. The fraction of sp³-hybridized carbons (Fsp3) is 0. The molecular formula is C15H9BrO2S. The first-order chi connectivity index (χ1) is 9.22. The predicted octanol–water partition coefficient (Wildman–Crippen LogP) is 4.49. The number of thiophene rings is 1. The van der Waals surface area contributed by atoms with Crippen LogP contribution in [0.1, 0.15) is 10.4 Å². The molecule has 4 heteroatoms. The summed E-state index contributed by atoms with van der Waals surface area (Å²) in [6.45, 7) is 0. The van der Waals surface area contributed by atoms with Crippen LogP contribution in [-0.2, 0) is 9.53 Å². The van der Waals surface area contributed by atoms with E-state index in [0.717, 1.165) is 14.9 Å². The third-order valence-corrected chi connectivity index (χ3v) is 4.09. The topological polar surface area (TPSA) is 26.3 Å². The van der Waals surface area contributed by atoms with Crippen molar-refractivity contribution in [3.63, 3.8) is 0 Å². The average Bonchev–Trinajstić information content (AvgIpc) is 3.03. The quantitative estimate of drug-likeness (QED) is 0.598. The highest BCUT2D eigenvalue weighted by atomic mass is 79.9. The summed E-state index contributed by atoms with van der Waals surface area (Å²) < 4.78 is 6.28. The molecule has 0 spiro atoms. The van der Waals surface area contributed by atoms with Crippen LogP contribution < -0.4 is 0 Å². The van der Waals surface area contributed by atoms with Gasteiger partial charge in [0.25, 0.3) is 0 Å². The second-order valence-corrected chi connectivity index (χ2v) is 5.89. The summed E-state index contributed by atoms with van der Waals surface area (Å²) in [7, 11) is 0. The molecule has 2 nitrogen and oxygen atoms in total. The van der Waals surface area contributed by atoms with Crippen molar-refractivity contribution in [1.29, 1.82) is 0 Å². The molecule has 0 N–H and O–H groups in total. The van der Waals surface area contributed by atoms with Crippen molar-refractivity contribution in [2.24, 2.45) is 0 Å². The maximum Gasteiger partial charge on any atom is 0.343 e. The summed E-state index contributed by atoms with van der Waals surface area (Å²) in [6.07, 6.45) is 3.62. The number of benzene rings is 1. The minimum Gasteiger partial charge on any atom is -0.421 e. The number of rotatable bonds is 2. The lowest BCUT2D eigenvalue weighted by atomic mass is 10.1. The molecule has 94 valence electrons. The first-order valence-electron chi connectivity index (χ1n) is 5.67. The molecule has 0 bridgehead atoms. The molecular weight excluding hydrogens is 324 g/mol. The summed E-state index contributed by atoms with van der Waals surface area (Å²) >= 11 is 4.94. The Labute approximate surface area is 123 Å². The molecule has 3 rings (SSSR count). The summed E-state index contributed by atoms with van der Waals surface area (Å²) in [5, 5.41) is 1.96. The first kappa shape index (κ1) is 12.4. The van der Waals surface area contributed by atoms with Crippen molar-refractivity contribution in [2.75, 3.05) is 0 Å². The summed E-state index contributed by atoms with van der Waals surface area (Å²) in [5.74, 6) is 0.328. The fourth-order valence-electron chi connectivity index (χ4n) is 1.77. The predicted molar refractivity (Wildman–Crippen MR) is 80.5 cm³/mol. The number of halogens is 1. The molecule has 2 aromatic rings. The molecule has 0 radical (unpaired) electrons. The van der Waals surface area contributed by atoms with Gasteiger partial charge >= 0.3 is 5.97 Å². The van der Waals surface area contributed by atoms with E-state index in [1.165, 1.54) is 0 Å². The molecule has 1 aromatic heterocycles. The van der Waals surface area contributed by atoms with Crippen LogP contribution in [0.2, 0.25) is 0 Å². The van der Waals surface area contributed by atoms with E-state index < -0.39 is 0 Å². The van der Waals surface area contributed by atoms with Gasteiger partial charge in [-0.2, -0.15) is 0 Å². The number of carbonyl (C=O) groups is 1. The van der Waals surface area contributed by atoms with Crippen molar-refractivity contribution in [1.82, 2.24) is 0 Å². The Hall–Kier alpha value is -1.65. The number of cyclic esters (lactones) is 1. The van der Waals surface area contributed by atoms with Crippen LogP contribution in [-0.4, -0.2) is 5.97 Å². The summed E-state index contributed by atoms with van der Waals surface area (Å²) in [5.41, 5.74) is 1.55. The first-order valence-corrected chi connectivity index (χ1v) is 7.35. The van der Waals surface area contributed by atoms with Gasteiger partial charge in [0.1, 0.15) is 5.76 Å². The molecule has 0 aliphatic carbocycles. The van der Waals surface area contributed by atoms with Crippen molar-refractivity contribution in [3.05, 3.63) is 68.3 Å². The Kier molecular flexibility index (Phi) is 3.36. The van der Waals surface area contributed by atoms with Gasteiger partial charge in [0.05, 0.1) is 10.5 Å². The van der Waals surface area contributed by atoms with Gasteiger partial charge in [-0.05, 0) is 41.3 Å². The van der Waals surface area contributed by atoms with Gasteiger partial charge in [0.2, 0.25) is 0 Å². The van der Waals surface area contributed by atoms with Crippen LogP contribution in [0.4, 0.5) is 0 Å². The van der Waals surface area contributed by atoms with Crippen LogP contribution in [0, 0.1) is 0 Å². The van der Waals surface area contributed by atoms with E-state index in [1.807, 2.05) is 47.9 Å². The van der Waals surface area contributed by atoms with Crippen LogP contribution in [0.5, 0.6) is 0 Å². The van der Waals surface area contributed by atoms with Gasteiger partial charge < -0.3 is 4.74 Å². The standard InChI is InChI=1S/C15H9BrO2S/c16-12-5-3-10(4-6-12)8-11-9-13(18-15(11)17)14-2-1-7-19-14/h1-9H/b11-8-. The second kappa shape index (κ2) is 5.15. The van der Waals surface area contributed by atoms with E-state index in [9.17, 15) is 4.79 Å². The lowest BCUT2D eigenvalue weighted by Crippen LogP contribution is -1.96. The maximum absolute atomic E-state index is 11.8. The zero-order chi connectivity index (χ0) is 13.2. The molecule has 0 saturated carbocycles. The molecule has 0 saturated heterocycles. The van der Waals surface area contributed by atoms with E-state index in [1.54, 1.807) is 17.4 Å². The van der Waals surface area contributed by atoms with Gasteiger partial charge in [0.15, 0.2) is 0 Å². The van der Waals surface area contributed by atoms with Crippen molar-refractivity contribution < 1.29 is 9.53 Å².